The molecule has 23 heavy (non-hydrogen) atoms. The highest BCUT2D eigenvalue weighted by atomic mass is 16.6. The summed E-state index contributed by atoms with van der Waals surface area (Å²) in [5.41, 5.74) is 1.84. The molecule has 0 fully saturated rings. The Bertz CT molecular complexity index is 592. The first-order valence-corrected chi connectivity index (χ1v) is 7.53. The van der Waals surface area contributed by atoms with Gasteiger partial charge < -0.3 is 19.5 Å². The van der Waals surface area contributed by atoms with Gasteiger partial charge in [0.25, 0.3) is 5.91 Å². The van der Waals surface area contributed by atoms with Crippen molar-refractivity contribution in [3.8, 4) is 0 Å². The first-order chi connectivity index (χ1) is 11.0. The van der Waals surface area contributed by atoms with E-state index in [1.165, 1.54) is 18.7 Å². The van der Waals surface area contributed by atoms with E-state index in [-0.39, 0.29) is 12.4 Å². The van der Waals surface area contributed by atoms with E-state index in [4.69, 9.17) is 14.2 Å². The van der Waals surface area contributed by atoms with E-state index in [9.17, 15) is 9.59 Å². The van der Waals surface area contributed by atoms with Gasteiger partial charge in [0.2, 0.25) is 5.76 Å². The highest BCUT2D eigenvalue weighted by Gasteiger charge is 2.23. The Morgan fingerprint density at radius 1 is 1.13 bits per heavy atom. The Morgan fingerprint density at radius 3 is 2.39 bits per heavy atom. The molecule has 0 saturated carbocycles. The van der Waals surface area contributed by atoms with E-state index in [2.05, 4.69) is 19.2 Å². The number of carbonyl (C=O) groups is 2. The Labute approximate surface area is 135 Å². The Balaban J connectivity index is 1.89. The minimum Gasteiger partial charge on any atom is -0.493 e. The molecule has 1 aliphatic heterocycles. The van der Waals surface area contributed by atoms with Crippen LogP contribution >= 0.6 is 0 Å². The topological polar surface area (TPSA) is 73.9 Å². The lowest BCUT2D eigenvalue weighted by Gasteiger charge is -2.17. The third-order valence-electron chi connectivity index (χ3n) is 3.35. The largest absolute Gasteiger partial charge is 0.493 e. The highest BCUT2D eigenvalue weighted by molar-refractivity contribution is 5.96. The van der Waals surface area contributed by atoms with Crippen LogP contribution in [0.2, 0.25) is 0 Å². The number of nitrogens with one attached hydrogen (secondary N) is 1. The van der Waals surface area contributed by atoms with E-state index >= 15 is 0 Å². The first kappa shape index (κ1) is 16.9. The maximum atomic E-state index is 12.1. The van der Waals surface area contributed by atoms with Crippen molar-refractivity contribution in [1.29, 1.82) is 0 Å². The third kappa shape index (κ3) is 4.74. The molecule has 0 radical (unpaired) electrons. The normalized spacial score (nSPS) is 15.0. The van der Waals surface area contributed by atoms with Crippen LogP contribution in [0.1, 0.15) is 32.3 Å². The Morgan fingerprint density at radius 2 is 1.83 bits per heavy atom. The number of anilines is 1. The molecule has 2 rings (SSSR count). The van der Waals surface area contributed by atoms with Gasteiger partial charge in [0.1, 0.15) is 19.5 Å². The summed E-state index contributed by atoms with van der Waals surface area (Å²) in [6, 6.07) is 7.55. The summed E-state index contributed by atoms with van der Waals surface area (Å²) < 4.78 is 15.1. The molecule has 6 nitrogen and oxygen atoms in total. The van der Waals surface area contributed by atoms with Crippen LogP contribution in [0.5, 0.6) is 0 Å². The first-order valence-electron chi connectivity index (χ1n) is 7.53. The number of ether oxygens (including phenoxy) is 3. The highest BCUT2D eigenvalue weighted by Crippen LogP contribution is 2.17. The average Bonchev–Trinajstić information content (AvgIpc) is 2.56. The van der Waals surface area contributed by atoms with Gasteiger partial charge in [-0.05, 0) is 30.5 Å². The van der Waals surface area contributed by atoms with Crippen LogP contribution in [0.4, 0.5) is 5.69 Å². The fourth-order valence-electron chi connectivity index (χ4n) is 1.94. The molecule has 0 spiro atoms. The van der Waals surface area contributed by atoms with E-state index in [0.717, 1.165) is 0 Å². The molecule has 6 heteroatoms. The molecule has 124 valence electrons. The van der Waals surface area contributed by atoms with Crippen LogP contribution in [0.25, 0.3) is 0 Å². The standard InChI is InChI=1S/C17H21NO5/c1-11(2)13-4-6-14(7-5-13)18-16(19)12(3)23-17(20)15-10-21-8-9-22-15/h4-7,10-12H,8-9H2,1-3H3,(H,18,19)/t12-/m1/s1. The van der Waals surface area contributed by atoms with Gasteiger partial charge in [0.05, 0.1) is 0 Å². The van der Waals surface area contributed by atoms with Crippen LogP contribution in [0.3, 0.4) is 0 Å². The lowest BCUT2D eigenvalue weighted by Crippen LogP contribution is -2.31. The van der Waals surface area contributed by atoms with Gasteiger partial charge >= 0.3 is 5.97 Å². The fourth-order valence-corrected chi connectivity index (χ4v) is 1.94. The minimum absolute atomic E-state index is 0.0304. The molecule has 0 bridgehead atoms. The molecule has 1 aliphatic rings. The van der Waals surface area contributed by atoms with Gasteiger partial charge in [-0.3, -0.25) is 4.79 Å². The lowest BCUT2D eigenvalue weighted by atomic mass is 10.0. The summed E-state index contributed by atoms with van der Waals surface area (Å²) in [7, 11) is 0. The van der Waals surface area contributed by atoms with Gasteiger partial charge in [-0.15, -0.1) is 0 Å². The van der Waals surface area contributed by atoms with Crippen LogP contribution in [-0.2, 0) is 23.8 Å². The second kappa shape index (κ2) is 7.67. The molecule has 1 N–H and O–H groups in total. The van der Waals surface area contributed by atoms with Gasteiger partial charge in [0, 0.05) is 5.69 Å². The zero-order valence-corrected chi connectivity index (χ0v) is 13.5. The zero-order chi connectivity index (χ0) is 16.8. The molecular weight excluding hydrogens is 298 g/mol. The van der Waals surface area contributed by atoms with Gasteiger partial charge in [-0.1, -0.05) is 26.0 Å². The molecule has 1 aromatic carbocycles. The van der Waals surface area contributed by atoms with E-state index < -0.39 is 18.0 Å². The van der Waals surface area contributed by atoms with Crippen molar-refractivity contribution < 1.29 is 23.8 Å². The number of esters is 1. The monoisotopic (exact) mass is 319 g/mol. The summed E-state index contributed by atoms with van der Waals surface area (Å²) >= 11 is 0. The van der Waals surface area contributed by atoms with Crippen LogP contribution in [0.15, 0.2) is 36.3 Å². The van der Waals surface area contributed by atoms with E-state index in [1.54, 1.807) is 0 Å². The van der Waals surface area contributed by atoms with Crippen LogP contribution in [0, 0.1) is 0 Å². The molecule has 0 aliphatic carbocycles. The van der Waals surface area contributed by atoms with Crippen LogP contribution < -0.4 is 5.32 Å². The molecule has 0 saturated heterocycles. The van der Waals surface area contributed by atoms with Crippen molar-refractivity contribution in [2.75, 3.05) is 18.5 Å². The van der Waals surface area contributed by atoms with Gasteiger partial charge in [-0.2, -0.15) is 0 Å². The summed E-state index contributed by atoms with van der Waals surface area (Å²) in [6.07, 6.45) is 0.250. The molecule has 1 heterocycles. The smallest absolute Gasteiger partial charge is 0.377 e. The summed E-state index contributed by atoms with van der Waals surface area (Å²) in [6.45, 7) is 6.37. The number of hydrogen-bond donors (Lipinski definition) is 1. The number of carbonyl (C=O) groups excluding carboxylic acids is 2. The summed E-state index contributed by atoms with van der Waals surface area (Å²) in [4.78, 5) is 23.9. The SMILES string of the molecule is CC(C)c1ccc(NC(=O)[C@@H](C)OC(=O)C2=COCCO2)cc1. The maximum Gasteiger partial charge on any atom is 0.377 e. The van der Waals surface area contributed by atoms with Crippen molar-refractivity contribution in [3.63, 3.8) is 0 Å². The van der Waals surface area contributed by atoms with Crippen molar-refractivity contribution in [2.45, 2.75) is 32.8 Å². The second-order valence-corrected chi connectivity index (χ2v) is 5.51. The van der Waals surface area contributed by atoms with Crippen molar-refractivity contribution in [1.82, 2.24) is 0 Å². The predicted molar refractivity (Wildman–Crippen MR) is 84.7 cm³/mol. The molecule has 1 amide bonds. The number of rotatable bonds is 5. The molecule has 1 aromatic rings. The quantitative estimate of drug-likeness (QED) is 0.844. The number of benzene rings is 1. The third-order valence-corrected chi connectivity index (χ3v) is 3.35. The molecule has 0 unspecified atom stereocenters. The molecule has 0 aromatic heterocycles. The number of amides is 1. The summed E-state index contributed by atoms with van der Waals surface area (Å²) in [5, 5.41) is 2.71. The Hall–Kier alpha value is -2.50. The molecule has 1 atom stereocenters. The summed E-state index contributed by atoms with van der Waals surface area (Å²) in [5.74, 6) is -0.738. The average molecular weight is 319 g/mol. The van der Waals surface area contributed by atoms with Gasteiger partial charge in [-0.25, -0.2) is 4.79 Å². The van der Waals surface area contributed by atoms with E-state index in [0.29, 0.717) is 18.2 Å². The second-order valence-electron chi connectivity index (χ2n) is 5.51. The van der Waals surface area contributed by atoms with Crippen LogP contribution in [-0.4, -0.2) is 31.2 Å². The lowest BCUT2D eigenvalue weighted by molar-refractivity contribution is -0.153. The zero-order valence-electron chi connectivity index (χ0n) is 13.5. The Kier molecular flexibility index (Phi) is 5.62. The molecular formula is C17H21NO5. The number of hydrogen-bond acceptors (Lipinski definition) is 5. The predicted octanol–water partition coefficient (Wildman–Crippen LogP) is 2.57. The van der Waals surface area contributed by atoms with Crippen molar-refractivity contribution >= 4 is 17.6 Å². The van der Waals surface area contributed by atoms with Crippen molar-refractivity contribution in [3.05, 3.63) is 41.9 Å². The maximum absolute atomic E-state index is 12.1. The van der Waals surface area contributed by atoms with Crippen molar-refractivity contribution in [2.24, 2.45) is 0 Å². The minimum atomic E-state index is -0.946. The van der Waals surface area contributed by atoms with Gasteiger partial charge in [0.15, 0.2) is 6.10 Å². The van der Waals surface area contributed by atoms with E-state index in [1.807, 2.05) is 24.3 Å². The fraction of sp³-hybridized carbons (Fsp3) is 0.412.